The summed E-state index contributed by atoms with van der Waals surface area (Å²) in [5.74, 6) is -0.0267. The Bertz CT molecular complexity index is 450. The highest BCUT2D eigenvalue weighted by Crippen LogP contribution is 2.29. The highest BCUT2D eigenvalue weighted by Gasteiger charge is 2.25. The quantitative estimate of drug-likeness (QED) is 0.833. The van der Waals surface area contributed by atoms with Crippen molar-refractivity contribution in [3.8, 4) is 0 Å². The number of carbonyl (C=O) groups excluding carboxylic acids is 1. The Labute approximate surface area is 129 Å². The largest absolute Gasteiger partial charge is 0.359 e. The van der Waals surface area contributed by atoms with Crippen molar-refractivity contribution < 1.29 is 4.79 Å². The minimum absolute atomic E-state index is 0.0319. The molecule has 0 radical (unpaired) electrons. The summed E-state index contributed by atoms with van der Waals surface area (Å²) in [5.41, 5.74) is 7.31. The molecule has 0 fully saturated rings. The lowest BCUT2D eigenvalue weighted by molar-refractivity contribution is -0.124. The van der Waals surface area contributed by atoms with E-state index in [9.17, 15) is 4.79 Å². The number of nitrogens with one attached hydrogen (secondary N) is 1. The van der Waals surface area contributed by atoms with Crippen LogP contribution >= 0.6 is 15.9 Å². The number of rotatable bonds is 6. The highest BCUT2D eigenvalue weighted by molar-refractivity contribution is 9.10. The number of amides is 1. The summed E-state index contributed by atoms with van der Waals surface area (Å²) >= 11 is 3.58. The van der Waals surface area contributed by atoms with Gasteiger partial charge in [0.15, 0.2) is 0 Å². The number of hydrogen-bond donors (Lipinski definition) is 2. The standard InChI is InChI=1S/C15H24BrN3O/c1-10(15(20)18-3)9-19(4)14(11(2)17)12-7-5-6-8-13(12)16/h5-8,10-11,14H,9,17H2,1-4H3,(H,18,20). The van der Waals surface area contributed by atoms with Crippen LogP contribution in [0.25, 0.3) is 0 Å². The van der Waals surface area contributed by atoms with Crippen molar-refractivity contribution in [1.29, 1.82) is 0 Å². The second-order valence-electron chi connectivity index (χ2n) is 5.28. The third-order valence-electron chi connectivity index (χ3n) is 3.45. The van der Waals surface area contributed by atoms with Crippen LogP contribution < -0.4 is 11.1 Å². The van der Waals surface area contributed by atoms with E-state index in [1.807, 2.05) is 39.1 Å². The molecule has 0 bridgehead atoms. The molecule has 4 nitrogen and oxygen atoms in total. The molecule has 0 saturated heterocycles. The average molecular weight is 342 g/mol. The molecule has 0 aliphatic carbocycles. The van der Waals surface area contributed by atoms with Crippen LogP contribution in [0.15, 0.2) is 28.7 Å². The van der Waals surface area contributed by atoms with E-state index in [4.69, 9.17) is 5.73 Å². The van der Waals surface area contributed by atoms with E-state index in [0.717, 1.165) is 10.0 Å². The van der Waals surface area contributed by atoms with E-state index in [0.29, 0.717) is 6.54 Å². The Morgan fingerprint density at radius 2 is 2.00 bits per heavy atom. The molecule has 3 N–H and O–H groups in total. The minimum atomic E-state index is -0.0752. The van der Waals surface area contributed by atoms with Crippen molar-refractivity contribution in [1.82, 2.24) is 10.2 Å². The minimum Gasteiger partial charge on any atom is -0.359 e. The van der Waals surface area contributed by atoms with Crippen LogP contribution in [-0.2, 0) is 4.79 Å². The van der Waals surface area contributed by atoms with Crippen molar-refractivity contribution in [2.75, 3.05) is 20.6 Å². The van der Waals surface area contributed by atoms with Crippen LogP contribution in [0.1, 0.15) is 25.5 Å². The predicted molar refractivity (Wildman–Crippen MR) is 86.4 cm³/mol. The third kappa shape index (κ3) is 4.30. The molecule has 0 heterocycles. The Morgan fingerprint density at radius 1 is 1.40 bits per heavy atom. The molecule has 3 unspecified atom stereocenters. The van der Waals surface area contributed by atoms with Crippen LogP contribution in [0.2, 0.25) is 0 Å². The molecule has 5 heteroatoms. The van der Waals surface area contributed by atoms with Gasteiger partial charge in [-0.1, -0.05) is 41.1 Å². The van der Waals surface area contributed by atoms with Crippen molar-refractivity contribution in [3.63, 3.8) is 0 Å². The van der Waals surface area contributed by atoms with Crippen LogP contribution in [0.5, 0.6) is 0 Å². The van der Waals surface area contributed by atoms with Gasteiger partial charge in [-0.05, 0) is 25.6 Å². The van der Waals surface area contributed by atoms with Gasteiger partial charge in [0.1, 0.15) is 0 Å². The maximum Gasteiger partial charge on any atom is 0.223 e. The first-order chi connectivity index (χ1) is 9.38. The summed E-state index contributed by atoms with van der Waals surface area (Å²) in [6.07, 6.45) is 0. The number of nitrogens with zero attached hydrogens (tertiary/aromatic N) is 1. The van der Waals surface area contributed by atoms with Gasteiger partial charge in [-0.2, -0.15) is 0 Å². The average Bonchev–Trinajstić information content (AvgIpc) is 2.39. The van der Waals surface area contributed by atoms with Gasteiger partial charge in [-0.3, -0.25) is 9.69 Å². The normalized spacial score (nSPS) is 15.8. The number of likely N-dealkylation sites (N-methyl/N-ethyl adjacent to an activating group) is 1. The molecule has 1 amide bonds. The summed E-state index contributed by atoms with van der Waals surface area (Å²) < 4.78 is 1.04. The van der Waals surface area contributed by atoms with Crippen molar-refractivity contribution in [2.45, 2.75) is 25.9 Å². The lowest BCUT2D eigenvalue weighted by Gasteiger charge is -2.33. The zero-order valence-electron chi connectivity index (χ0n) is 12.6. The highest BCUT2D eigenvalue weighted by atomic mass is 79.9. The first-order valence-corrected chi connectivity index (χ1v) is 7.59. The fraction of sp³-hybridized carbons (Fsp3) is 0.533. The SMILES string of the molecule is CNC(=O)C(C)CN(C)C(c1ccccc1Br)C(C)N. The van der Waals surface area contributed by atoms with Crippen molar-refractivity contribution >= 4 is 21.8 Å². The van der Waals surface area contributed by atoms with Gasteiger partial charge < -0.3 is 11.1 Å². The summed E-state index contributed by atoms with van der Waals surface area (Å²) in [4.78, 5) is 13.8. The lowest BCUT2D eigenvalue weighted by Crippen LogP contribution is -2.42. The van der Waals surface area contributed by atoms with E-state index in [1.165, 1.54) is 0 Å². The molecule has 0 aliphatic rings. The number of nitrogens with two attached hydrogens (primary N) is 1. The molecule has 0 saturated carbocycles. The first kappa shape index (κ1) is 17.1. The van der Waals surface area contributed by atoms with Crippen LogP contribution in [-0.4, -0.2) is 37.5 Å². The molecule has 1 aromatic carbocycles. The summed E-state index contributed by atoms with van der Waals surface area (Å²) in [7, 11) is 3.67. The summed E-state index contributed by atoms with van der Waals surface area (Å²) in [6, 6.07) is 8.11. The van der Waals surface area contributed by atoms with Gasteiger partial charge in [-0.15, -0.1) is 0 Å². The monoisotopic (exact) mass is 341 g/mol. The van der Waals surface area contributed by atoms with Crippen molar-refractivity contribution in [2.24, 2.45) is 11.7 Å². The molecule has 0 aromatic heterocycles. The molecular weight excluding hydrogens is 318 g/mol. The zero-order valence-corrected chi connectivity index (χ0v) is 14.1. The molecule has 1 rings (SSSR count). The van der Waals surface area contributed by atoms with Gasteiger partial charge in [0.05, 0.1) is 6.04 Å². The van der Waals surface area contributed by atoms with E-state index in [1.54, 1.807) is 7.05 Å². The second-order valence-corrected chi connectivity index (χ2v) is 6.13. The number of halogens is 1. The van der Waals surface area contributed by atoms with Crippen LogP contribution in [0.4, 0.5) is 0 Å². The fourth-order valence-electron chi connectivity index (χ4n) is 2.51. The number of hydrogen-bond acceptors (Lipinski definition) is 3. The lowest BCUT2D eigenvalue weighted by atomic mass is 9.98. The molecule has 0 spiro atoms. The summed E-state index contributed by atoms with van der Waals surface area (Å²) in [6.45, 7) is 4.58. The Morgan fingerprint density at radius 3 is 2.50 bits per heavy atom. The van der Waals surface area contributed by atoms with Crippen LogP contribution in [0.3, 0.4) is 0 Å². The Balaban J connectivity index is 2.92. The maximum absolute atomic E-state index is 11.7. The maximum atomic E-state index is 11.7. The Kier molecular flexibility index (Phi) is 6.65. The summed E-state index contributed by atoms with van der Waals surface area (Å²) in [5, 5.41) is 2.68. The van der Waals surface area contributed by atoms with Gasteiger partial charge in [0.25, 0.3) is 0 Å². The molecule has 112 valence electrons. The van der Waals surface area contributed by atoms with E-state index in [2.05, 4.69) is 32.2 Å². The predicted octanol–water partition coefficient (Wildman–Crippen LogP) is 2.15. The topological polar surface area (TPSA) is 58.4 Å². The smallest absolute Gasteiger partial charge is 0.223 e. The van der Waals surface area contributed by atoms with Crippen LogP contribution in [0, 0.1) is 5.92 Å². The van der Waals surface area contributed by atoms with Gasteiger partial charge in [0, 0.05) is 30.0 Å². The molecule has 0 aliphatic heterocycles. The van der Waals surface area contributed by atoms with Gasteiger partial charge in [0.2, 0.25) is 5.91 Å². The van der Waals surface area contributed by atoms with Gasteiger partial charge >= 0.3 is 0 Å². The Hall–Kier alpha value is -0.910. The van der Waals surface area contributed by atoms with E-state index in [-0.39, 0.29) is 23.9 Å². The first-order valence-electron chi connectivity index (χ1n) is 6.80. The number of benzene rings is 1. The molecule has 20 heavy (non-hydrogen) atoms. The molecule has 1 aromatic rings. The van der Waals surface area contributed by atoms with Crippen molar-refractivity contribution in [3.05, 3.63) is 34.3 Å². The second kappa shape index (κ2) is 7.76. The molecular formula is C15H24BrN3O. The fourth-order valence-corrected chi connectivity index (χ4v) is 3.03. The zero-order chi connectivity index (χ0) is 15.3. The van der Waals surface area contributed by atoms with E-state index >= 15 is 0 Å². The third-order valence-corrected chi connectivity index (χ3v) is 4.17. The number of carbonyl (C=O) groups is 1. The van der Waals surface area contributed by atoms with Gasteiger partial charge in [-0.25, -0.2) is 0 Å². The van der Waals surface area contributed by atoms with E-state index < -0.39 is 0 Å². The molecule has 3 atom stereocenters.